The average molecular weight is 293 g/mol. The molecule has 22 heavy (non-hydrogen) atoms. The maximum Gasteiger partial charge on any atom is 0.271 e. The number of carbonyl (C=O) groups is 1. The molecule has 0 aliphatic rings. The van der Waals surface area contributed by atoms with Crippen molar-refractivity contribution in [1.29, 1.82) is 0 Å². The first-order valence-electron chi connectivity index (χ1n) is 6.66. The van der Waals surface area contributed by atoms with E-state index in [1.165, 1.54) is 30.5 Å². The predicted octanol–water partition coefficient (Wildman–Crippen LogP) is 3.14. The SMILES string of the molecule is O=C(N/N=C\c1ccc2cccnc2c1)c1ccc(F)cc1. The Kier molecular flexibility index (Phi) is 3.87. The van der Waals surface area contributed by atoms with E-state index in [9.17, 15) is 9.18 Å². The average Bonchev–Trinajstić information content (AvgIpc) is 2.55. The summed E-state index contributed by atoms with van der Waals surface area (Å²) in [4.78, 5) is 16.1. The lowest BCUT2D eigenvalue weighted by molar-refractivity contribution is 0.0955. The minimum Gasteiger partial charge on any atom is -0.267 e. The number of aromatic nitrogens is 1. The number of amides is 1. The van der Waals surface area contributed by atoms with Gasteiger partial charge in [0, 0.05) is 17.1 Å². The Bertz CT molecular complexity index is 844. The molecule has 0 aliphatic carbocycles. The molecule has 1 aromatic heterocycles. The molecule has 0 atom stereocenters. The second-order valence-corrected chi connectivity index (χ2v) is 4.66. The Morgan fingerprint density at radius 1 is 1.14 bits per heavy atom. The lowest BCUT2D eigenvalue weighted by atomic mass is 10.1. The third-order valence-electron chi connectivity index (χ3n) is 3.12. The molecule has 0 unspecified atom stereocenters. The Morgan fingerprint density at radius 3 is 2.77 bits per heavy atom. The second kappa shape index (κ2) is 6.13. The number of hydrogen-bond acceptors (Lipinski definition) is 3. The molecular weight excluding hydrogens is 281 g/mol. The summed E-state index contributed by atoms with van der Waals surface area (Å²) in [7, 11) is 0. The maximum atomic E-state index is 12.8. The molecule has 0 saturated carbocycles. The summed E-state index contributed by atoms with van der Waals surface area (Å²) in [5.74, 6) is -0.779. The molecule has 1 amide bonds. The van der Waals surface area contributed by atoms with Gasteiger partial charge >= 0.3 is 0 Å². The van der Waals surface area contributed by atoms with Crippen molar-refractivity contribution in [2.24, 2.45) is 5.10 Å². The summed E-state index contributed by atoms with van der Waals surface area (Å²) in [5, 5.41) is 4.94. The van der Waals surface area contributed by atoms with Crippen molar-refractivity contribution in [1.82, 2.24) is 10.4 Å². The van der Waals surface area contributed by atoms with Crippen LogP contribution in [0, 0.1) is 5.82 Å². The minimum atomic E-state index is -0.393. The maximum absolute atomic E-state index is 12.8. The molecule has 1 N–H and O–H groups in total. The van der Waals surface area contributed by atoms with Crippen LogP contribution in [-0.4, -0.2) is 17.1 Å². The number of halogens is 1. The predicted molar refractivity (Wildman–Crippen MR) is 83.2 cm³/mol. The summed E-state index contributed by atoms with van der Waals surface area (Å²) >= 11 is 0. The van der Waals surface area contributed by atoms with Crippen LogP contribution in [0.25, 0.3) is 10.9 Å². The minimum absolute atomic E-state index is 0.346. The summed E-state index contributed by atoms with van der Waals surface area (Å²) in [6.07, 6.45) is 3.26. The largest absolute Gasteiger partial charge is 0.271 e. The smallest absolute Gasteiger partial charge is 0.267 e. The van der Waals surface area contributed by atoms with Gasteiger partial charge in [-0.25, -0.2) is 9.82 Å². The lowest BCUT2D eigenvalue weighted by Gasteiger charge is -2.00. The lowest BCUT2D eigenvalue weighted by Crippen LogP contribution is -2.17. The molecule has 0 radical (unpaired) electrons. The number of benzene rings is 2. The number of pyridine rings is 1. The zero-order chi connectivity index (χ0) is 15.4. The van der Waals surface area contributed by atoms with Crippen molar-refractivity contribution in [3.05, 3.63) is 77.7 Å². The van der Waals surface area contributed by atoms with Crippen LogP contribution in [0.4, 0.5) is 4.39 Å². The van der Waals surface area contributed by atoms with Crippen molar-refractivity contribution >= 4 is 23.0 Å². The van der Waals surface area contributed by atoms with Crippen LogP contribution in [-0.2, 0) is 0 Å². The van der Waals surface area contributed by atoms with Crippen LogP contribution in [0.5, 0.6) is 0 Å². The van der Waals surface area contributed by atoms with Crippen LogP contribution in [0.2, 0.25) is 0 Å². The van der Waals surface area contributed by atoms with Gasteiger partial charge in [-0.2, -0.15) is 5.10 Å². The van der Waals surface area contributed by atoms with E-state index in [-0.39, 0.29) is 5.82 Å². The number of carbonyl (C=O) groups excluding carboxylic acids is 1. The molecule has 4 nitrogen and oxygen atoms in total. The fourth-order valence-corrected chi connectivity index (χ4v) is 2.00. The zero-order valence-electron chi connectivity index (χ0n) is 11.5. The fourth-order valence-electron chi connectivity index (χ4n) is 2.00. The van der Waals surface area contributed by atoms with Crippen molar-refractivity contribution < 1.29 is 9.18 Å². The normalized spacial score (nSPS) is 11.0. The summed E-state index contributed by atoms with van der Waals surface area (Å²) < 4.78 is 12.8. The molecule has 5 heteroatoms. The van der Waals surface area contributed by atoms with Gasteiger partial charge in [0.1, 0.15) is 5.82 Å². The van der Waals surface area contributed by atoms with Gasteiger partial charge in [0.25, 0.3) is 5.91 Å². The zero-order valence-corrected chi connectivity index (χ0v) is 11.5. The second-order valence-electron chi connectivity index (χ2n) is 4.66. The van der Waals surface area contributed by atoms with Crippen molar-refractivity contribution in [3.63, 3.8) is 0 Å². The monoisotopic (exact) mass is 293 g/mol. The molecule has 0 aliphatic heterocycles. The molecule has 2 aromatic carbocycles. The van der Waals surface area contributed by atoms with E-state index in [0.717, 1.165) is 16.5 Å². The molecule has 3 rings (SSSR count). The number of hydrazone groups is 1. The Labute approximate surface area is 126 Å². The molecule has 0 saturated heterocycles. The highest BCUT2D eigenvalue weighted by atomic mass is 19.1. The van der Waals surface area contributed by atoms with E-state index >= 15 is 0 Å². The highest BCUT2D eigenvalue weighted by Crippen LogP contribution is 2.11. The van der Waals surface area contributed by atoms with Crippen LogP contribution in [0.3, 0.4) is 0 Å². The molecule has 3 aromatic rings. The number of nitrogens with one attached hydrogen (secondary N) is 1. The van der Waals surface area contributed by atoms with Crippen LogP contribution < -0.4 is 5.43 Å². The standard InChI is InChI=1S/C17H12FN3O/c18-15-7-5-14(6-8-15)17(22)21-20-11-12-3-4-13-2-1-9-19-16(13)10-12/h1-11H,(H,21,22)/b20-11-. The van der Waals surface area contributed by atoms with Gasteiger partial charge in [-0.1, -0.05) is 18.2 Å². The van der Waals surface area contributed by atoms with E-state index in [1.807, 2.05) is 30.3 Å². The number of nitrogens with zero attached hydrogens (tertiary/aromatic N) is 2. The van der Waals surface area contributed by atoms with Gasteiger partial charge in [-0.15, -0.1) is 0 Å². The molecule has 1 heterocycles. The Morgan fingerprint density at radius 2 is 1.95 bits per heavy atom. The van der Waals surface area contributed by atoms with E-state index in [0.29, 0.717) is 5.56 Å². The molecular formula is C17H12FN3O. The highest BCUT2D eigenvalue weighted by Gasteiger charge is 2.03. The van der Waals surface area contributed by atoms with Crippen molar-refractivity contribution in [3.8, 4) is 0 Å². The quantitative estimate of drug-likeness (QED) is 0.596. The molecule has 0 spiro atoms. The Balaban J connectivity index is 1.70. The number of hydrogen-bond donors (Lipinski definition) is 1. The van der Waals surface area contributed by atoms with Gasteiger partial charge in [0.2, 0.25) is 0 Å². The summed E-state index contributed by atoms with van der Waals surface area (Å²) in [5.41, 5.74) is 4.43. The van der Waals surface area contributed by atoms with E-state index in [1.54, 1.807) is 6.20 Å². The first-order chi connectivity index (χ1) is 10.7. The topological polar surface area (TPSA) is 54.4 Å². The third kappa shape index (κ3) is 3.15. The number of fused-ring (bicyclic) bond motifs is 1. The first-order valence-corrected chi connectivity index (χ1v) is 6.66. The van der Waals surface area contributed by atoms with Crippen LogP contribution in [0.1, 0.15) is 15.9 Å². The molecule has 0 bridgehead atoms. The van der Waals surface area contributed by atoms with Gasteiger partial charge in [0.05, 0.1) is 11.7 Å². The van der Waals surface area contributed by atoms with Gasteiger partial charge in [0.15, 0.2) is 0 Å². The molecule has 108 valence electrons. The fraction of sp³-hybridized carbons (Fsp3) is 0. The summed E-state index contributed by atoms with van der Waals surface area (Å²) in [6.45, 7) is 0. The van der Waals surface area contributed by atoms with Gasteiger partial charge < -0.3 is 0 Å². The number of rotatable bonds is 3. The molecule has 0 fully saturated rings. The van der Waals surface area contributed by atoms with E-state index in [4.69, 9.17) is 0 Å². The third-order valence-corrected chi connectivity index (χ3v) is 3.12. The van der Waals surface area contributed by atoms with Gasteiger partial charge in [-0.3, -0.25) is 9.78 Å². The Hall–Kier alpha value is -3.08. The first kappa shape index (κ1) is 13.9. The van der Waals surface area contributed by atoms with Crippen LogP contribution in [0.15, 0.2) is 65.9 Å². The van der Waals surface area contributed by atoms with Crippen molar-refractivity contribution in [2.75, 3.05) is 0 Å². The van der Waals surface area contributed by atoms with Crippen LogP contribution >= 0.6 is 0 Å². The summed E-state index contributed by atoms with van der Waals surface area (Å²) in [6, 6.07) is 14.8. The van der Waals surface area contributed by atoms with Crippen molar-refractivity contribution in [2.45, 2.75) is 0 Å². The highest BCUT2D eigenvalue weighted by molar-refractivity contribution is 5.95. The van der Waals surface area contributed by atoms with E-state index < -0.39 is 5.91 Å². The van der Waals surface area contributed by atoms with E-state index in [2.05, 4.69) is 15.5 Å². The van der Waals surface area contributed by atoms with Gasteiger partial charge in [-0.05, 0) is 42.0 Å².